The second kappa shape index (κ2) is 6.28. The average molecular weight is 317 g/mol. The van der Waals surface area contributed by atoms with E-state index in [0.29, 0.717) is 23.1 Å². The second-order valence-electron chi connectivity index (χ2n) is 6.94. The predicted molar refractivity (Wildman–Crippen MR) is 88.0 cm³/mol. The van der Waals surface area contributed by atoms with Gasteiger partial charge in [0, 0.05) is 29.3 Å². The van der Waals surface area contributed by atoms with Crippen molar-refractivity contribution in [1.29, 1.82) is 0 Å². The Labute approximate surface area is 135 Å². The lowest BCUT2D eigenvalue weighted by molar-refractivity contribution is -0.385. The largest absolute Gasteiger partial charge is 0.327 e. The number of aryl methyl sites for hydroxylation is 1. The van der Waals surface area contributed by atoms with Gasteiger partial charge in [-0.3, -0.25) is 14.9 Å². The third-order valence-electron chi connectivity index (χ3n) is 5.46. The zero-order valence-corrected chi connectivity index (χ0v) is 13.3. The van der Waals surface area contributed by atoms with Gasteiger partial charge in [0.05, 0.1) is 4.92 Å². The quantitative estimate of drug-likeness (QED) is 0.661. The molecule has 0 spiro atoms. The number of fused-ring (bicyclic) bond motifs is 2. The Bertz CT molecular complexity index is 618. The van der Waals surface area contributed by atoms with Crippen LogP contribution in [0.5, 0.6) is 0 Å². The Morgan fingerprint density at radius 3 is 2.57 bits per heavy atom. The molecule has 1 amide bonds. The molecule has 23 heavy (non-hydrogen) atoms. The van der Waals surface area contributed by atoms with Crippen molar-refractivity contribution in [2.24, 2.45) is 23.5 Å². The topological polar surface area (TPSA) is 98.3 Å². The number of hydrogen-bond acceptors (Lipinski definition) is 4. The van der Waals surface area contributed by atoms with Crippen molar-refractivity contribution < 1.29 is 9.72 Å². The fourth-order valence-electron chi connectivity index (χ4n) is 4.13. The highest BCUT2D eigenvalue weighted by Gasteiger charge is 2.40. The Morgan fingerprint density at radius 2 is 1.96 bits per heavy atom. The van der Waals surface area contributed by atoms with Crippen LogP contribution in [0.3, 0.4) is 0 Å². The van der Waals surface area contributed by atoms with Gasteiger partial charge in [-0.05, 0) is 50.5 Å². The second-order valence-corrected chi connectivity index (χ2v) is 6.94. The number of rotatable bonds is 3. The van der Waals surface area contributed by atoms with Crippen LogP contribution in [-0.4, -0.2) is 16.9 Å². The lowest BCUT2D eigenvalue weighted by Crippen LogP contribution is -2.48. The summed E-state index contributed by atoms with van der Waals surface area (Å²) < 4.78 is 0. The first-order valence-electron chi connectivity index (χ1n) is 8.27. The zero-order chi connectivity index (χ0) is 16.6. The maximum absolute atomic E-state index is 12.5. The molecule has 124 valence electrons. The smallest absolute Gasteiger partial charge is 0.274 e. The van der Waals surface area contributed by atoms with Gasteiger partial charge < -0.3 is 11.1 Å². The summed E-state index contributed by atoms with van der Waals surface area (Å²) in [6.45, 7) is 1.69. The number of nitro benzene ring substituents is 1. The molecule has 6 heteroatoms. The summed E-state index contributed by atoms with van der Waals surface area (Å²) in [7, 11) is 0. The van der Waals surface area contributed by atoms with Gasteiger partial charge in [0.1, 0.15) is 0 Å². The van der Waals surface area contributed by atoms with Crippen molar-refractivity contribution >= 4 is 17.3 Å². The van der Waals surface area contributed by atoms with Crippen molar-refractivity contribution in [3.05, 3.63) is 33.9 Å². The SMILES string of the molecule is Cc1ccc(NC(=O)C2CC3CCCC(C2)C3N)cc1[N+](=O)[O-]. The number of nitro groups is 1. The van der Waals surface area contributed by atoms with Crippen LogP contribution in [0, 0.1) is 34.8 Å². The van der Waals surface area contributed by atoms with Crippen molar-refractivity contribution in [3.63, 3.8) is 0 Å². The molecule has 0 radical (unpaired) electrons. The highest BCUT2D eigenvalue weighted by molar-refractivity contribution is 5.93. The van der Waals surface area contributed by atoms with Crippen LogP contribution in [0.15, 0.2) is 18.2 Å². The Balaban J connectivity index is 1.70. The van der Waals surface area contributed by atoms with Crippen LogP contribution in [0.2, 0.25) is 0 Å². The summed E-state index contributed by atoms with van der Waals surface area (Å²) >= 11 is 0. The molecule has 3 rings (SSSR count). The molecule has 2 aliphatic rings. The highest BCUT2D eigenvalue weighted by atomic mass is 16.6. The number of benzene rings is 1. The molecule has 2 bridgehead atoms. The zero-order valence-electron chi connectivity index (χ0n) is 13.3. The summed E-state index contributed by atoms with van der Waals surface area (Å²) in [4.78, 5) is 23.1. The molecule has 0 saturated heterocycles. The summed E-state index contributed by atoms with van der Waals surface area (Å²) in [5, 5.41) is 13.9. The van der Waals surface area contributed by atoms with Crippen LogP contribution in [-0.2, 0) is 4.79 Å². The molecule has 6 nitrogen and oxygen atoms in total. The molecular weight excluding hydrogens is 294 g/mol. The maximum Gasteiger partial charge on any atom is 0.274 e. The monoisotopic (exact) mass is 317 g/mol. The van der Waals surface area contributed by atoms with E-state index in [2.05, 4.69) is 5.32 Å². The molecule has 0 aliphatic heterocycles. The van der Waals surface area contributed by atoms with Gasteiger partial charge in [0.15, 0.2) is 0 Å². The lowest BCUT2D eigenvalue weighted by atomic mass is 9.65. The molecule has 2 fully saturated rings. The van der Waals surface area contributed by atoms with E-state index >= 15 is 0 Å². The Kier molecular flexibility index (Phi) is 4.35. The van der Waals surface area contributed by atoms with Gasteiger partial charge in [0.2, 0.25) is 5.91 Å². The van der Waals surface area contributed by atoms with Crippen molar-refractivity contribution in [2.75, 3.05) is 5.32 Å². The first-order chi connectivity index (χ1) is 11.0. The molecule has 2 unspecified atom stereocenters. The number of hydrogen-bond donors (Lipinski definition) is 2. The minimum Gasteiger partial charge on any atom is -0.327 e. The number of nitrogens with one attached hydrogen (secondary N) is 1. The van der Waals surface area contributed by atoms with Gasteiger partial charge >= 0.3 is 0 Å². The first kappa shape index (κ1) is 15.9. The van der Waals surface area contributed by atoms with E-state index in [0.717, 1.165) is 25.7 Å². The summed E-state index contributed by atoms with van der Waals surface area (Å²) in [5.41, 5.74) is 7.38. The van der Waals surface area contributed by atoms with E-state index in [1.807, 2.05) is 0 Å². The van der Waals surface area contributed by atoms with E-state index in [1.54, 1.807) is 19.1 Å². The van der Waals surface area contributed by atoms with E-state index < -0.39 is 4.92 Å². The number of nitrogens with zero attached hydrogens (tertiary/aromatic N) is 1. The molecular formula is C17H23N3O3. The highest BCUT2D eigenvalue weighted by Crippen LogP contribution is 2.42. The standard InChI is InChI=1S/C17H23N3O3/c1-10-5-6-14(9-15(10)20(22)23)19-17(21)13-7-11-3-2-4-12(8-13)16(11)18/h5-6,9,11-13,16H,2-4,7-8,18H2,1H3,(H,19,21). The van der Waals surface area contributed by atoms with Crippen LogP contribution < -0.4 is 11.1 Å². The Morgan fingerprint density at radius 1 is 1.30 bits per heavy atom. The number of anilines is 1. The fourth-order valence-corrected chi connectivity index (χ4v) is 4.13. The molecule has 1 aromatic rings. The summed E-state index contributed by atoms with van der Waals surface area (Å²) in [6, 6.07) is 5.05. The third-order valence-corrected chi connectivity index (χ3v) is 5.46. The number of nitrogens with two attached hydrogens (primary N) is 1. The summed E-state index contributed by atoms with van der Waals surface area (Å²) in [5.74, 6) is 0.800. The molecule has 0 aromatic heterocycles. The van der Waals surface area contributed by atoms with E-state index in [9.17, 15) is 14.9 Å². The van der Waals surface area contributed by atoms with Crippen LogP contribution in [0.4, 0.5) is 11.4 Å². The van der Waals surface area contributed by atoms with Crippen LogP contribution >= 0.6 is 0 Å². The lowest BCUT2D eigenvalue weighted by Gasteiger charge is -2.43. The number of amides is 1. The predicted octanol–water partition coefficient (Wildman–Crippen LogP) is 3.00. The van der Waals surface area contributed by atoms with Crippen molar-refractivity contribution in [1.82, 2.24) is 0 Å². The van der Waals surface area contributed by atoms with Crippen molar-refractivity contribution in [2.45, 2.75) is 45.1 Å². The van der Waals surface area contributed by atoms with Gasteiger partial charge in [-0.25, -0.2) is 0 Å². The Hall–Kier alpha value is -1.95. The number of carbonyl (C=O) groups is 1. The van der Waals surface area contributed by atoms with Gasteiger partial charge in [-0.2, -0.15) is 0 Å². The molecule has 0 heterocycles. The van der Waals surface area contributed by atoms with Gasteiger partial charge in [0.25, 0.3) is 5.69 Å². The molecule has 1 aromatic carbocycles. The molecule has 2 saturated carbocycles. The van der Waals surface area contributed by atoms with Gasteiger partial charge in [-0.15, -0.1) is 0 Å². The van der Waals surface area contributed by atoms with Crippen LogP contribution in [0.25, 0.3) is 0 Å². The molecule has 2 atom stereocenters. The van der Waals surface area contributed by atoms with E-state index in [4.69, 9.17) is 5.73 Å². The first-order valence-corrected chi connectivity index (χ1v) is 8.27. The fraction of sp³-hybridized carbons (Fsp3) is 0.588. The van der Waals surface area contributed by atoms with Gasteiger partial charge in [-0.1, -0.05) is 12.5 Å². The third kappa shape index (κ3) is 3.22. The minimum atomic E-state index is -0.422. The maximum atomic E-state index is 12.5. The van der Waals surface area contributed by atoms with Crippen LogP contribution in [0.1, 0.15) is 37.7 Å². The molecule has 3 N–H and O–H groups in total. The van der Waals surface area contributed by atoms with E-state index in [1.165, 1.54) is 12.5 Å². The van der Waals surface area contributed by atoms with E-state index in [-0.39, 0.29) is 23.6 Å². The average Bonchev–Trinajstić information content (AvgIpc) is 2.48. The van der Waals surface area contributed by atoms with Crippen molar-refractivity contribution in [3.8, 4) is 0 Å². The molecule has 2 aliphatic carbocycles. The number of carbonyl (C=O) groups excluding carboxylic acids is 1. The normalized spacial score (nSPS) is 29.8. The minimum absolute atomic E-state index is 0.0327. The summed E-state index contributed by atoms with van der Waals surface area (Å²) in [6.07, 6.45) is 5.09.